The number of rotatable bonds is 5. The van der Waals surface area contributed by atoms with Crippen molar-refractivity contribution in [1.82, 2.24) is 0 Å². The van der Waals surface area contributed by atoms with Gasteiger partial charge in [-0.25, -0.2) is 9.59 Å². The summed E-state index contributed by atoms with van der Waals surface area (Å²) in [4.78, 5) is 20.4. The van der Waals surface area contributed by atoms with Gasteiger partial charge in [-0.15, -0.1) is 0 Å². The molecule has 0 aromatic carbocycles. The van der Waals surface area contributed by atoms with Crippen molar-refractivity contribution in [2.75, 3.05) is 0 Å². The van der Waals surface area contributed by atoms with Gasteiger partial charge < -0.3 is 9.84 Å². The third kappa shape index (κ3) is 14.4. The lowest BCUT2D eigenvalue weighted by atomic mass is 10.2. The predicted molar refractivity (Wildman–Crippen MR) is 67.7 cm³/mol. The first-order valence-corrected chi connectivity index (χ1v) is 5.57. The van der Waals surface area contributed by atoms with E-state index in [1.807, 2.05) is 6.92 Å². The second-order valence-corrected chi connectivity index (χ2v) is 3.62. The summed E-state index contributed by atoms with van der Waals surface area (Å²) < 4.78 is 5.01. The molecule has 0 spiro atoms. The van der Waals surface area contributed by atoms with Crippen molar-refractivity contribution in [2.24, 2.45) is 0 Å². The van der Waals surface area contributed by atoms with Crippen LogP contribution in [0.3, 0.4) is 0 Å². The molecule has 0 saturated carbocycles. The lowest BCUT2D eigenvalue weighted by molar-refractivity contribution is -0.142. The van der Waals surface area contributed by atoms with E-state index >= 15 is 0 Å². The molecule has 0 radical (unpaired) electrons. The van der Waals surface area contributed by atoms with Crippen LogP contribution in [-0.4, -0.2) is 23.1 Å². The smallest absolute Gasteiger partial charge is 0.330 e. The highest BCUT2D eigenvalue weighted by Gasteiger charge is 2.03. The summed E-state index contributed by atoms with van der Waals surface area (Å²) in [6.45, 7) is 10.4. The van der Waals surface area contributed by atoms with E-state index in [-0.39, 0.29) is 17.6 Å². The average molecular weight is 242 g/mol. The molecular formula is C13H22O4. The van der Waals surface area contributed by atoms with Crippen LogP contribution in [0.1, 0.15) is 40.5 Å². The quantitative estimate of drug-likeness (QED) is 0.594. The molecule has 0 aliphatic carbocycles. The number of aliphatic carboxylic acids is 1. The molecule has 98 valence electrons. The van der Waals surface area contributed by atoms with Crippen LogP contribution in [0.5, 0.6) is 0 Å². The molecule has 0 amide bonds. The number of allylic oxidation sites excluding steroid dienone is 1. The lowest BCUT2D eigenvalue weighted by Crippen LogP contribution is -2.12. The van der Waals surface area contributed by atoms with E-state index in [1.54, 1.807) is 13.0 Å². The van der Waals surface area contributed by atoms with Crippen LogP contribution >= 0.6 is 0 Å². The molecule has 0 aliphatic heterocycles. The molecule has 1 N–H and O–H groups in total. The van der Waals surface area contributed by atoms with Gasteiger partial charge in [0.25, 0.3) is 0 Å². The van der Waals surface area contributed by atoms with E-state index < -0.39 is 5.97 Å². The van der Waals surface area contributed by atoms with Gasteiger partial charge in [0.2, 0.25) is 0 Å². The van der Waals surface area contributed by atoms with E-state index in [0.29, 0.717) is 0 Å². The number of esters is 1. The highest BCUT2D eigenvalue weighted by molar-refractivity contribution is 5.84. The Morgan fingerprint density at radius 1 is 1.47 bits per heavy atom. The number of carbonyl (C=O) groups excluding carboxylic acids is 1. The van der Waals surface area contributed by atoms with Crippen molar-refractivity contribution in [3.05, 3.63) is 24.3 Å². The minimum absolute atomic E-state index is 0.0451. The number of carbonyl (C=O) groups is 2. The van der Waals surface area contributed by atoms with Crippen LogP contribution in [0, 0.1) is 0 Å². The zero-order valence-electron chi connectivity index (χ0n) is 11.0. The topological polar surface area (TPSA) is 63.6 Å². The van der Waals surface area contributed by atoms with Gasteiger partial charge in [-0.05, 0) is 27.2 Å². The van der Waals surface area contributed by atoms with E-state index in [1.165, 1.54) is 13.0 Å². The zero-order chi connectivity index (χ0) is 13.8. The molecular weight excluding hydrogens is 220 g/mol. The summed E-state index contributed by atoms with van der Waals surface area (Å²) in [5.74, 6) is -1.18. The molecule has 1 unspecified atom stereocenters. The van der Waals surface area contributed by atoms with Gasteiger partial charge in [0.1, 0.15) is 0 Å². The van der Waals surface area contributed by atoms with Crippen LogP contribution in [0.15, 0.2) is 24.3 Å². The molecule has 1 atom stereocenters. The average Bonchev–Trinajstić information content (AvgIpc) is 2.18. The van der Waals surface area contributed by atoms with E-state index in [4.69, 9.17) is 9.84 Å². The van der Waals surface area contributed by atoms with E-state index in [9.17, 15) is 9.59 Å². The summed E-state index contributed by atoms with van der Waals surface area (Å²) >= 11 is 0. The first kappa shape index (κ1) is 17.8. The molecule has 0 bridgehead atoms. The van der Waals surface area contributed by atoms with Crippen molar-refractivity contribution in [3.8, 4) is 0 Å². The molecule has 4 nitrogen and oxygen atoms in total. The lowest BCUT2D eigenvalue weighted by Gasteiger charge is -2.09. The normalized spacial score (nSPS) is 11.3. The Hall–Kier alpha value is -1.58. The number of hydrogen-bond donors (Lipinski definition) is 1. The molecule has 0 heterocycles. The van der Waals surface area contributed by atoms with Crippen molar-refractivity contribution in [2.45, 2.75) is 46.6 Å². The Bertz CT molecular complexity index is 267. The maximum atomic E-state index is 10.8. The SMILES string of the molecule is C=C(C)C(=O)O.CC=CC(=O)OC(C)CCC. The Morgan fingerprint density at radius 3 is 2.24 bits per heavy atom. The van der Waals surface area contributed by atoms with Crippen molar-refractivity contribution < 1.29 is 19.4 Å². The second kappa shape index (κ2) is 10.9. The fraction of sp³-hybridized carbons (Fsp3) is 0.538. The summed E-state index contributed by atoms with van der Waals surface area (Å²) in [6.07, 6.45) is 5.14. The Morgan fingerprint density at radius 2 is 1.94 bits per heavy atom. The minimum Gasteiger partial charge on any atom is -0.478 e. The maximum absolute atomic E-state index is 10.8. The molecule has 0 aliphatic rings. The Labute approximate surface area is 103 Å². The minimum atomic E-state index is -0.935. The van der Waals surface area contributed by atoms with Gasteiger partial charge >= 0.3 is 11.9 Å². The first-order valence-electron chi connectivity index (χ1n) is 5.57. The van der Waals surface area contributed by atoms with Crippen LogP contribution in [0.2, 0.25) is 0 Å². The molecule has 4 heteroatoms. The van der Waals surface area contributed by atoms with Gasteiger partial charge in [0, 0.05) is 11.6 Å². The highest BCUT2D eigenvalue weighted by Crippen LogP contribution is 2.00. The van der Waals surface area contributed by atoms with Gasteiger partial charge in [-0.2, -0.15) is 0 Å². The van der Waals surface area contributed by atoms with Crippen LogP contribution in [0.4, 0.5) is 0 Å². The van der Waals surface area contributed by atoms with E-state index in [0.717, 1.165) is 12.8 Å². The fourth-order valence-corrected chi connectivity index (χ4v) is 0.839. The number of hydrogen-bond acceptors (Lipinski definition) is 3. The summed E-state index contributed by atoms with van der Waals surface area (Å²) in [5.41, 5.74) is 0.176. The standard InChI is InChI=1S/C9H16O2.C4H6O2/c1-4-6-8(3)11-9(10)7-5-2;1-3(2)4(5)6/h5,7-8H,4,6H2,1-3H3;1H2,2H3,(H,5,6). The summed E-state index contributed by atoms with van der Waals surface area (Å²) in [6, 6.07) is 0. The largest absolute Gasteiger partial charge is 0.478 e. The Balaban J connectivity index is 0. The summed E-state index contributed by atoms with van der Waals surface area (Å²) in [5, 5.41) is 7.89. The third-order valence-electron chi connectivity index (χ3n) is 1.68. The summed E-state index contributed by atoms with van der Waals surface area (Å²) in [7, 11) is 0. The molecule has 0 aromatic heterocycles. The van der Waals surface area contributed by atoms with Crippen LogP contribution < -0.4 is 0 Å². The molecule has 0 fully saturated rings. The third-order valence-corrected chi connectivity index (χ3v) is 1.68. The molecule has 0 rings (SSSR count). The van der Waals surface area contributed by atoms with Gasteiger partial charge in [0.15, 0.2) is 0 Å². The monoisotopic (exact) mass is 242 g/mol. The van der Waals surface area contributed by atoms with Crippen molar-refractivity contribution >= 4 is 11.9 Å². The zero-order valence-corrected chi connectivity index (χ0v) is 11.0. The highest BCUT2D eigenvalue weighted by atomic mass is 16.5. The van der Waals surface area contributed by atoms with Gasteiger partial charge in [0.05, 0.1) is 6.10 Å². The second-order valence-electron chi connectivity index (χ2n) is 3.62. The fourth-order valence-electron chi connectivity index (χ4n) is 0.839. The number of carboxylic acid groups (broad SMARTS) is 1. The van der Waals surface area contributed by atoms with E-state index in [2.05, 4.69) is 13.5 Å². The van der Waals surface area contributed by atoms with Crippen molar-refractivity contribution in [3.63, 3.8) is 0 Å². The Kier molecular flexibility index (Phi) is 11.4. The molecule has 0 saturated heterocycles. The maximum Gasteiger partial charge on any atom is 0.330 e. The predicted octanol–water partition coefficient (Wildman–Crippen LogP) is 2.94. The first-order chi connectivity index (χ1) is 7.84. The van der Waals surface area contributed by atoms with Gasteiger partial charge in [-0.3, -0.25) is 0 Å². The number of carboxylic acids is 1. The number of ether oxygens (including phenoxy) is 1. The van der Waals surface area contributed by atoms with Crippen molar-refractivity contribution in [1.29, 1.82) is 0 Å². The van der Waals surface area contributed by atoms with Crippen LogP contribution in [-0.2, 0) is 14.3 Å². The molecule has 17 heavy (non-hydrogen) atoms. The van der Waals surface area contributed by atoms with Crippen LogP contribution in [0.25, 0.3) is 0 Å². The molecule has 0 aromatic rings. The van der Waals surface area contributed by atoms with Gasteiger partial charge in [-0.1, -0.05) is 26.0 Å².